The van der Waals surface area contributed by atoms with Crippen LogP contribution >= 0.6 is 0 Å². The highest BCUT2D eigenvalue weighted by Crippen LogP contribution is 1.97. The lowest BCUT2D eigenvalue weighted by Gasteiger charge is -1.90. The van der Waals surface area contributed by atoms with Crippen molar-refractivity contribution in [3.05, 3.63) is 67.3 Å². The van der Waals surface area contributed by atoms with E-state index >= 15 is 0 Å². The Kier molecular flexibility index (Phi) is 22.0. The van der Waals surface area contributed by atoms with Crippen molar-refractivity contribution in [1.29, 1.82) is 0 Å². The molecule has 0 fully saturated rings. The van der Waals surface area contributed by atoms with E-state index in [1.54, 1.807) is 6.92 Å². The maximum absolute atomic E-state index is 10.1. The van der Waals surface area contributed by atoms with Crippen LogP contribution < -0.4 is 0 Å². The quantitative estimate of drug-likeness (QED) is 0.546. The number of aliphatic hydroxyl groups is 2. The van der Waals surface area contributed by atoms with Crippen LogP contribution in [0.5, 0.6) is 0 Å². The van der Waals surface area contributed by atoms with Crippen LogP contribution in [0, 0.1) is 0 Å². The Balaban J connectivity index is -0.000000276. The Morgan fingerprint density at radius 2 is 1.65 bits per heavy atom. The van der Waals surface area contributed by atoms with Gasteiger partial charge >= 0.3 is 11.9 Å². The summed E-state index contributed by atoms with van der Waals surface area (Å²) < 4.78 is 4.43. The highest BCUT2D eigenvalue weighted by atomic mass is 16.5. The van der Waals surface area contributed by atoms with Crippen molar-refractivity contribution in [2.24, 2.45) is 0 Å². The average Bonchev–Trinajstić information content (AvgIpc) is 2.64. The smallest absolute Gasteiger partial charge is 0.330 e. The van der Waals surface area contributed by atoms with Crippen molar-refractivity contribution in [2.45, 2.75) is 26.9 Å². The molecular formula is C20H30O6. The molecule has 0 radical (unpaired) electrons. The Morgan fingerprint density at radius 1 is 1.23 bits per heavy atom. The van der Waals surface area contributed by atoms with Gasteiger partial charge in [-0.3, -0.25) is 0 Å². The van der Waals surface area contributed by atoms with Gasteiger partial charge in [-0.1, -0.05) is 56.1 Å². The highest BCUT2D eigenvalue weighted by Gasteiger charge is 1.90. The van der Waals surface area contributed by atoms with Gasteiger partial charge in [0.1, 0.15) is 0 Å². The van der Waals surface area contributed by atoms with Crippen molar-refractivity contribution in [1.82, 2.24) is 0 Å². The van der Waals surface area contributed by atoms with Crippen molar-refractivity contribution >= 4 is 18.0 Å². The molecule has 1 unspecified atom stereocenters. The summed E-state index contributed by atoms with van der Waals surface area (Å²) in [5.41, 5.74) is 1.35. The van der Waals surface area contributed by atoms with Crippen LogP contribution in [0.2, 0.25) is 0 Å². The highest BCUT2D eigenvalue weighted by molar-refractivity contribution is 5.84. The second kappa shape index (κ2) is 20.3. The molecule has 0 aliphatic carbocycles. The van der Waals surface area contributed by atoms with Crippen LogP contribution in [-0.2, 0) is 14.3 Å². The summed E-state index contributed by atoms with van der Waals surface area (Å²) in [6.45, 7) is 15.0. The van der Waals surface area contributed by atoms with Crippen LogP contribution in [0.25, 0.3) is 6.08 Å². The van der Waals surface area contributed by atoms with Crippen molar-refractivity contribution in [3.8, 4) is 0 Å². The minimum Gasteiger partial charge on any atom is -0.478 e. The molecule has 1 rings (SSSR count). The van der Waals surface area contributed by atoms with E-state index in [0.29, 0.717) is 6.61 Å². The van der Waals surface area contributed by atoms with Gasteiger partial charge in [0.15, 0.2) is 0 Å². The first-order chi connectivity index (χ1) is 12.2. The van der Waals surface area contributed by atoms with Crippen molar-refractivity contribution in [3.63, 3.8) is 0 Å². The van der Waals surface area contributed by atoms with E-state index in [1.807, 2.05) is 36.4 Å². The fraction of sp³-hybridized carbons (Fsp3) is 0.300. The molecule has 1 aromatic carbocycles. The van der Waals surface area contributed by atoms with Gasteiger partial charge in [-0.05, 0) is 26.3 Å². The number of carboxylic acids is 1. The van der Waals surface area contributed by atoms with E-state index in [9.17, 15) is 9.59 Å². The van der Waals surface area contributed by atoms with Crippen LogP contribution in [0.15, 0.2) is 61.7 Å². The number of aliphatic hydroxyl groups excluding tert-OH is 2. The summed E-state index contributed by atoms with van der Waals surface area (Å²) in [7, 11) is 0. The first kappa shape index (κ1) is 28.1. The van der Waals surface area contributed by atoms with E-state index in [-0.39, 0.29) is 18.1 Å². The number of rotatable bonds is 5. The molecule has 146 valence electrons. The normalized spacial score (nSPS) is 9.27. The van der Waals surface area contributed by atoms with Crippen LogP contribution in [0.4, 0.5) is 0 Å². The van der Waals surface area contributed by atoms with Gasteiger partial charge in [-0.2, -0.15) is 0 Å². The van der Waals surface area contributed by atoms with Gasteiger partial charge in [0, 0.05) is 11.6 Å². The maximum Gasteiger partial charge on any atom is 0.330 e. The molecule has 0 aromatic heterocycles. The maximum atomic E-state index is 10.1. The van der Waals surface area contributed by atoms with E-state index in [2.05, 4.69) is 24.5 Å². The molecule has 1 aromatic rings. The Hall–Kier alpha value is -2.70. The van der Waals surface area contributed by atoms with Gasteiger partial charge in [-0.25, -0.2) is 9.59 Å². The van der Waals surface area contributed by atoms with E-state index in [4.69, 9.17) is 15.3 Å². The molecule has 0 saturated carbocycles. The summed E-state index contributed by atoms with van der Waals surface area (Å²) >= 11 is 0. The molecule has 0 amide bonds. The fourth-order valence-electron chi connectivity index (χ4n) is 0.790. The van der Waals surface area contributed by atoms with Gasteiger partial charge in [0.05, 0.1) is 19.3 Å². The predicted molar refractivity (Wildman–Crippen MR) is 105 cm³/mol. The molecule has 0 saturated heterocycles. The topological polar surface area (TPSA) is 104 Å². The first-order valence-corrected chi connectivity index (χ1v) is 7.80. The molecule has 0 aliphatic rings. The van der Waals surface area contributed by atoms with Crippen LogP contribution in [-0.4, -0.2) is 46.6 Å². The summed E-state index contributed by atoms with van der Waals surface area (Å²) in [6.07, 6.45) is 2.42. The van der Waals surface area contributed by atoms with Gasteiger partial charge in [0.2, 0.25) is 0 Å². The Bertz CT molecular complexity index is 508. The number of carbonyl (C=O) groups is 2. The zero-order chi connectivity index (χ0) is 21.0. The van der Waals surface area contributed by atoms with Crippen LogP contribution in [0.3, 0.4) is 0 Å². The lowest BCUT2D eigenvalue weighted by molar-refractivity contribution is -0.137. The number of carboxylic acid groups (broad SMARTS) is 1. The fourth-order valence-corrected chi connectivity index (χ4v) is 0.790. The summed E-state index contributed by atoms with van der Waals surface area (Å²) in [5.74, 6) is -1.29. The summed E-state index contributed by atoms with van der Waals surface area (Å²) in [4.78, 5) is 19.7. The van der Waals surface area contributed by atoms with Gasteiger partial charge < -0.3 is 20.1 Å². The van der Waals surface area contributed by atoms with Crippen molar-refractivity contribution in [2.75, 3.05) is 13.2 Å². The summed E-state index contributed by atoms with van der Waals surface area (Å²) in [6, 6.07) is 10.0. The third-order valence-electron chi connectivity index (χ3n) is 2.12. The molecule has 26 heavy (non-hydrogen) atoms. The molecule has 3 N–H and O–H groups in total. The average molecular weight is 366 g/mol. The molecule has 0 aliphatic heterocycles. The molecule has 1 atom stereocenters. The van der Waals surface area contributed by atoms with E-state index < -0.39 is 12.1 Å². The van der Waals surface area contributed by atoms with E-state index in [0.717, 1.165) is 6.08 Å². The zero-order valence-electron chi connectivity index (χ0n) is 15.7. The third-order valence-corrected chi connectivity index (χ3v) is 2.12. The number of hydrogen-bond donors (Lipinski definition) is 3. The summed E-state index contributed by atoms with van der Waals surface area (Å²) in [5, 5.41) is 23.9. The molecule has 0 spiro atoms. The second-order valence-corrected chi connectivity index (χ2v) is 4.69. The van der Waals surface area contributed by atoms with Crippen LogP contribution in [0.1, 0.15) is 26.3 Å². The third kappa shape index (κ3) is 26.2. The minimum atomic E-state index is -0.935. The number of hydrogen-bond acceptors (Lipinski definition) is 5. The lowest BCUT2D eigenvalue weighted by atomic mass is 10.2. The molecule has 0 heterocycles. The molecule has 6 heteroatoms. The van der Waals surface area contributed by atoms with Gasteiger partial charge in [-0.15, -0.1) is 0 Å². The number of ether oxygens (including phenoxy) is 1. The standard InChI is InChI=1S/C8H8.C5H8O2.C4H6O2.C3H8O2/c1-2-8-6-4-3-5-7-8;1-3-5(6)7-4-2;1-3(2)4(5)6;1-3(5)2-4/h2-7H,1H2;3H,1,4H2,2H3;1H2,2H3,(H,5,6);3-5H,2H2,1H3. The van der Waals surface area contributed by atoms with E-state index in [1.165, 1.54) is 19.4 Å². The van der Waals surface area contributed by atoms with Crippen molar-refractivity contribution < 1.29 is 29.6 Å². The number of esters is 1. The first-order valence-electron chi connectivity index (χ1n) is 7.80. The SMILES string of the molecule is C=C(C)C(=O)O.C=CC(=O)OCC.C=Cc1ccccc1.CC(O)CO. The number of carbonyl (C=O) groups excluding carboxylic acids is 1. The molecular weight excluding hydrogens is 336 g/mol. The number of benzene rings is 1. The second-order valence-electron chi connectivity index (χ2n) is 4.69. The monoisotopic (exact) mass is 366 g/mol. The predicted octanol–water partition coefficient (Wildman–Crippen LogP) is 3.07. The molecule has 0 bridgehead atoms. The Morgan fingerprint density at radius 3 is 1.81 bits per heavy atom. The minimum absolute atomic E-state index is 0.139. The molecule has 6 nitrogen and oxygen atoms in total. The largest absolute Gasteiger partial charge is 0.478 e. The zero-order valence-corrected chi connectivity index (χ0v) is 15.7. The van der Waals surface area contributed by atoms with Gasteiger partial charge in [0.25, 0.3) is 0 Å². The Labute approximate surface area is 155 Å². The lowest BCUT2D eigenvalue weighted by Crippen LogP contribution is -2.03. The number of aliphatic carboxylic acids is 1.